The second-order valence-corrected chi connectivity index (χ2v) is 3.40. The van der Waals surface area contributed by atoms with Crippen LogP contribution in [0, 0.1) is 50.7 Å². The predicted molar refractivity (Wildman–Crippen MR) is 57.1 cm³/mol. The summed E-state index contributed by atoms with van der Waals surface area (Å²) in [5.74, 6) is 0. The van der Waals surface area contributed by atoms with Gasteiger partial charge in [0.25, 0.3) is 0 Å². The van der Waals surface area contributed by atoms with Gasteiger partial charge in [-0.3, -0.25) is 0 Å². The maximum atomic E-state index is 8.81. The molecule has 0 N–H and O–H groups in total. The molecule has 0 saturated heterocycles. The fraction of sp³-hybridized carbons (Fsp3) is 0.500. The molecule has 0 aliphatic heterocycles. The zero-order valence-electron chi connectivity index (χ0n) is 9.19. The summed E-state index contributed by atoms with van der Waals surface area (Å²) in [5.41, 5.74) is -0.967. The highest BCUT2D eigenvalue weighted by atomic mass is 14.4. The van der Waals surface area contributed by atoms with Gasteiger partial charge < -0.3 is 0 Å². The SMILES string of the molecule is CCCC=C(CC#N)CC(C#N)(C#N)C#N. The molecule has 80 valence electrons. The van der Waals surface area contributed by atoms with E-state index in [-0.39, 0.29) is 12.8 Å². The first-order chi connectivity index (χ1) is 7.67. The molecule has 0 heterocycles. The molecule has 0 unspecified atom stereocenters. The standard InChI is InChI=1S/C12H12N4/c1-2-3-4-11(5-6-13)7-12(8-14,9-15)10-16/h4H,2-3,5,7H2,1H3. The Labute approximate surface area is 95.6 Å². The number of hydrogen-bond acceptors (Lipinski definition) is 4. The monoisotopic (exact) mass is 212 g/mol. The third-order valence-corrected chi connectivity index (χ3v) is 2.09. The molecule has 0 atom stereocenters. The number of nitrogens with zero attached hydrogens (tertiary/aromatic N) is 4. The van der Waals surface area contributed by atoms with Crippen molar-refractivity contribution < 1.29 is 0 Å². The first kappa shape index (κ1) is 13.7. The van der Waals surface area contributed by atoms with E-state index >= 15 is 0 Å². The van der Waals surface area contributed by atoms with E-state index < -0.39 is 5.41 Å². The fourth-order valence-electron chi connectivity index (χ4n) is 1.19. The van der Waals surface area contributed by atoms with Crippen molar-refractivity contribution in [3.63, 3.8) is 0 Å². The van der Waals surface area contributed by atoms with Crippen molar-refractivity contribution in [1.82, 2.24) is 0 Å². The van der Waals surface area contributed by atoms with Crippen LogP contribution in [0.4, 0.5) is 0 Å². The molecular weight excluding hydrogens is 200 g/mol. The van der Waals surface area contributed by atoms with Crippen LogP contribution in [-0.2, 0) is 0 Å². The van der Waals surface area contributed by atoms with Crippen LogP contribution in [0.15, 0.2) is 11.6 Å². The summed E-state index contributed by atoms with van der Waals surface area (Å²) in [6.45, 7) is 1.99. The topological polar surface area (TPSA) is 95.2 Å². The van der Waals surface area contributed by atoms with Crippen molar-refractivity contribution in [1.29, 1.82) is 21.0 Å². The molecule has 0 saturated carbocycles. The first-order valence-electron chi connectivity index (χ1n) is 4.96. The Kier molecular flexibility index (Phi) is 6.04. The second-order valence-electron chi connectivity index (χ2n) is 3.40. The van der Waals surface area contributed by atoms with Crippen LogP contribution in [0.3, 0.4) is 0 Å². The average Bonchev–Trinajstić information content (AvgIpc) is 2.33. The number of allylic oxidation sites excluding steroid dienone is 2. The zero-order valence-corrected chi connectivity index (χ0v) is 9.19. The first-order valence-corrected chi connectivity index (χ1v) is 4.96. The van der Waals surface area contributed by atoms with Crippen LogP contribution >= 0.6 is 0 Å². The summed E-state index contributed by atoms with van der Waals surface area (Å²) in [5, 5.41) is 35.1. The van der Waals surface area contributed by atoms with Crippen LogP contribution in [0.2, 0.25) is 0 Å². The number of hydrogen-bond donors (Lipinski definition) is 0. The van der Waals surface area contributed by atoms with Crippen LogP contribution < -0.4 is 0 Å². The largest absolute Gasteiger partial charge is 0.232 e. The zero-order chi connectivity index (χ0) is 12.4. The minimum atomic E-state index is -1.66. The van der Waals surface area contributed by atoms with Gasteiger partial charge in [-0.2, -0.15) is 21.0 Å². The average molecular weight is 212 g/mol. The van der Waals surface area contributed by atoms with Gasteiger partial charge >= 0.3 is 0 Å². The highest BCUT2D eigenvalue weighted by Gasteiger charge is 2.30. The molecule has 0 aliphatic rings. The lowest BCUT2D eigenvalue weighted by atomic mass is 9.84. The molecule has 4 nitrogen and oxygen atoms in total. The minimum Gasteiger partial charge on any atom is -0.198 e. The molecule has 0 aromatic rings. The molecule has 16 heavy (non-hydrogen) atoms. The third kappa shape index (κ3) is 3.83. The van der Waals surface area contributed by atoms with Crippen LogP contribution in [0.25, 0.3) is 0 Å². The maximum absolute atomic E-state index is 8.81. The second kappa shape index (κ2) is 7.05. The predicted octanol–water partition coefficient (Wildman–Crippen LogP) is 2.57. The van der Waals surface area contributed by atoms with Crippen LogP contribution in [0.5, 0.6) is 0 Å². The number of rotatable bonds is 5. The van der Waals surface area contributed by atoms with E-state index in [1.54, 1.807) is 18.2 Å². The van der Waals surface area contributed by atoms with Crippen LogP contribution in [-0.4, -0.2) is 0 Å². The Bertz CT molecular complexity index is 384. The van der Waals surface area contributed by atoms with Gasteiger partial charge in [0, 0.05) is 6.42 Å². The molecule has 0 radical (unpaired) electrons. The van der Waals surface area contributed by atoms with Gasteiger partial charge in [-0.15, -0.1) is 0 Å². The molecular formula is C12H12N4. The van der Waals surface area contributed by atoms with Gasteiger partial charge in [-0.1, -0.05) is 25.0 Å². The van der Waals surface area contributed by atoms with E-state index in [1.165, 1.54) is 0 Å². The van der Waals surface area contributed by atoms with E-state index in [4.69, 9.17) is 21.0 Å². The van der Waals surface area contributed by atoms with Gasteiger partial charge in [-0.25, -0.2) is 0 Å². The van der Waals surface area contributed by atoms with Crippen molar-refractivity contribution in [2.75, 3.05) is 0 Å². The number of unbranched alkanes of at least 4 members (excludes halogenated alkanes) is 1. The molecule has 0 bridgehead atoms. The summed E-state index contributed by atoms with van der Waals surface area (Å²) in [7, 11) is 0. The quantitative estimate of drug-likeness (QED) is 0.654. The molecule has 0 fully saturated rings. The Morgan fingerprint density at radius 3 is 2.06 bits per heavy atom. The van der Waals surface area contributed by atoms with Gasteiger partial charge in [0.05, 0.1) is 12.5 Å². The van der Waals surface area contributed by atoms with Crippen molar-refractivity contribution in [3.8, 4) is 24.3 Å². The van der Waals surface area contributed by atoms with Gasteiger partial charge in [0.15, 0.2) is 0 Å². The van der Waals surface area contributed by atoms with Crippen molar-refractivity contribution in [2.24, 2.45) is 5.41 Å². The summed E-state index contributed by atoms with van der Waals surface area (Å²) in [4.78, 5) is 0. The van der Waals surface area contributed by atoms with E-state index in [1.807, 2.05) is 19.1 Å². The molecule has 0 aliphatic carbocycles. The molecule has 0 spiro atoms. The minimum absolute atomic E-state index is 0.0318. The number of nitriles is 4. The molecule has 0 rings (SSSR count). The van der Waals surface area contributed by atoms with Gasteiger partial charge in [-0.05, 0) is 6.42 Å². The summed E-state index contributed by atoms with van der Waals surface area (Å²) < 4.78 is 0. The Morgan fingerprint density at radius 1 is 1.12 bits per heavy atom. The molecule has 0 aromatic carbocycles. The smallest absolute Gasteiger partial charge is 0.198 e. The van der Waals surface area contributed by atoms with Crippen molar-refractivity contribution in [3.05, 3.63) is 11.6 Å². The van der Waals surface area contributed by atoms with E-state index in [2.05, 4.69) is 0 Å². The van der Waals surface area contributed by atoms with E-state index in [0.717, 1.165) is 12.8 Å². The van der Waals surface area contributed by atoms with E-state index in [0.29, 0.717) is 5.57 Å². The third-order valence-electron chi connectivity index (χ3n) is 2.09. The molecule has 4 heteroatoms. The van der Waals surface area contributed by atoms with Gasteiger partial charge in [0.2, 0.25) is 5.41 Å². The highest BCUT2D eigenvalue weighted by Crippen LogP contribution is 2.26. The summed E-state index contributed by atoms with van der Waals surface area (Å²) >= 11 is 0. The lowest BCUT2D eigenvalue weighted by Gasteiger charge is -2.10. The summed E-state index contributed by atoms with van der Waals surface area (Å²) in [6.07, 6.45) is 3.74. The van der Waals surface area contributed by atoms with Crippen LogP contribution in [0.1, 0.15) is 32.6 Å². The normalized spacial score (nSPS) is 10.7. The molecule has 0 aromatic heterocycles. The Morgan fingerprint density at radius 2 is 1.69 bits per heavy atom. The lowest BCUT2D eigenvalue weighted by molar-refractivity contribution is 0.656. The van der Waals surface area contributed by atoms with Crippen molar-refractivity contribution in [2.45, 2.75) is 32.6 Å². The lowest BCUT2D eigenvalue weighted by Crippen LogP contribution is -2.14. The van der Waals surface area contributed by atoms with Crippen molar-refractivity contribution >= 4 is 0 Å². The summed E-state index contributed by atoms with van der Waals surface area (Å²) in [6, 6.07) is 7.10. The maximum Gasteiger partial charge on any atom is 0.232 e. The highest BCUT2D eigenvalue weighted by molar-refractivity contribution is 5.30. The Balaban J connectivity index is 4.91. The fourth-order valence-corrected chi connectivity index (χ4v) is 1.19. The Hall–Kier alpha value is -2.30. The van der Waals surface area contributed by atoms with Gasteiger partial charge in [0.1, 0.15) is 18.2 Å². The van der Waals surface area contributed by atoms with E-state index in [9.17, 15) is 0 Å². The molecule has 0 amide bonds.